The normalized spacial score (nSPS) is 15.8. The predicted molar refractivity (Wildman–Crippen MR) is 67.7 cm³/mol. The molecule has 2 rings (SSSR count). The third-order valence-corrected chi connectivity index (χ3v) is 3.55. The van der Waals surface area contributed by atoms with Crippen molar-refractivity contribution in [2.24, 2.45) is 0 Å². The molecule has 1 saturated heterocycles. The highest BCUT2D eigenvalue weighted by atomic mass is 79.9. The van der Waals surface area contributed by atoms with Crippen LogP contribution in [-0.4, -0.2) is 48.3 Å². The maximum Gasteiger partial charge on any atom is 0.255 e. The van der Waals surface area contributed by atoms with Crippen LogP contribution in [0.15, 0.2) is 28.7 Å². The van der Waals surface area contributed by atoms with E-state index in [1.165, 1.54) is 0 Å². The second-order valence-electron chi connectivity index (χ2n) is 3.91. The summed E-state index contributed by atoms with van der Waals surface area (Å²) in [5.41, 5.74) is 0.673. The maximum atomic E-state index is 12.2. The van der Waals surface area contributed by atoms with E-state index in [4.69, 9.17) is 0 Å². The Labute approximate surface area is 108 Å². The van der Waals surface area contributed by atoms with E-state index in [1.54, 1.807) is 15.9 Å². The number of carbonyl (C=O) groups excluding carboxylic acids is 2. The van der Waals surface area contributed by atoms with E-state index in [1.807, 2.05) is 18.2 Å². The van der Waals surface area contributed by atoms with Gasteiger partial charge in [0.15, 0.2) is 0 Å². The molecule has 90 valence electrons. The lowest BCUT2D eigenvalue weighted by atomic mass is 10.2. The Morgan fingerprint density at radius 3 is 2.41 bits per heavy atom. The molecule has 1 aliphatic rings. The third kappa shape index (κ3) is 2.66. The highest BCUT2D eigenvalue weighted by Crippen LogP contribution is 2.18. The van der Waals surface area contributed by atoms with Gasteiger partial charge in [-0.1, -0.05) is 12.1 Å². The van der Waals surface area contributed by atoms with Crippen LogP contribution >= 0.6 is 15.9 Å². The number of halogens is 1. The molecule has 4 nitrogen and oxygen atoms in total. The Hall–Kier alpha value is -1.36. The lowest BCUT2D eigenvalue weighted by Crippen LogP contribution is -2.48. The van der Waals surface area contributed by atoms with Crippen LogP contribution in [0.1, 0.15) is 10.4 Å². The first-order valence-corrected chi connectivity index (χ1v) is 6.25. The molecule has 0 bridgehead atoms. The van der Waals surface area contributed by atoms with Gasteiger partial charge in [0.2, 0.25) is 6.41 Å². The van der Waals surface area contributed by atoms with Crippen LogP contribution in [-0.2, 0) is 4.79 Å². The molecular weight excluding hydrogens is 284 g/mol. The standard InChI is InChI=1S/C12H13BrN2O2/c13-11-4-2-1-3-10(11)12(17)15-7-5-14(9-16)6-8-15/h1-4,9H,5-8H2. The van der Waals surface area contributed by atoms with Crippen molar-refractivity contribution in [3.8, 4) is 0 Å². The fraction of sp³-hybridized carbons (Fsp3) is 0.333. The van der Waals surface area contributed by atoms with E-state index < -0.39 is 0 Å². The smallest absolute Gasteiger partial charge is 0.255 e. The van der Waals surface area contributed by atoms with Gasteiger partial charge in [-0.2, -0.15) is 0 Å². The molecule has 1 aliphatic heterocycles. The van der Waals surface area contributed by atoms with E-state index in [9.17, 15) is 9.59 Å². The number of hydrogen-bond acceptors (Lipinski definition) is 2. The number of piperazine rings is 1. The van der Waals surface area contributed by atoms with Crippen LogP contribution in [0.25, 0.3) is 0 Å². The van der Waals surface area contributed by atoms with Crippen LogP contribution in [0, 0.1) is 0 Å². The van der Waals surface area contributed by atoms with Gasteiger partial charge in [-0.3, -0.25) is 9.59 Å². The molecule has 1 heterocycles. The first kappa shape index (κ1) is 12.1. The van der Waals surface area contributed by atoms with Crippen LogP contribution in [0.5, 0.6) is 0 Å². The molecule has 0 atom stereocenters. The molecule has 2 amide bonds. The Morgan fingerprint density at radius 1 is 1.18 bits per heavy atom. The number of rotatable bonds is 2. The summed E-state index contributed by atoms with van der Waals surface area (Å²) in [6, 6.07) is 7.39. The summed E-state index contributed by atoms with van der Waals surface area (Å²) in [6.07, 6.45) is 0.834. The van der Waals surface area contributed by atoms with Gasteiger partial charge in [-0.25, -0.2) is 0 Å². The van der Waals surface area contributed by atoms with Crippen molar-refractivity contribution in [3.63, 3.8) is 0 Å². The van der Waals surface area contributed by atoms with Gasteiger partial charge in [0.1, 0.15) is 0 Å². The second-order valence-corrected chi connectivity index (χ2v) is 4.77. The van der Waals surface area contributed by atoms with Crippen LogP contribution in [0.4, 0.5) is 0 Å². The second kappa shape index (κ2) is 5.31. The molecule has 0 N–H and O–H groups in total. The molecule has 0 aromatic heterocycles. The summed E-state index contributed by atoms with van der Waals surface area (Å²) in [6.45, 7) is 2.41. The zero-order valence-corrected chi connectivity index (χ0v) is 10.9. The Kier molecular flexibility index (Phi) is 3.78. The molecule has 0 radical (unpaired) electrons. The maximum absolute atomic E-state index is 12.2. The molecule has 1 aromatic carbocycles. The molecule has 0 saturated carbocycles. The predicted octanol–water partition coefficient (Wildman–Crippen LogP) is 1.36. The lowest BCUT2D eigenvalue weighted by Gasteiger charge is -2.32. The lowest BCUT2D eigenvalue weighted by molar-refractivity contribution is -0.119. The van der Waals surface area contributed by atoms with E-state index in [0.717, 1.165) is 10.9 Å². The van der Waals surface area contributed by atoms with E-state index in [0.29, 0.717) is 31.7 Å². The van der Waals surface area contributed by atoms with Crippen LogP contribution in [0.2, 0.25) is 0 Å². The first-order chi connectivity index (χ1) is 8.22. The number of carbonyl (C=O) groups is 2. The summed E-state index contributed by atoms with van der Waals surface area (Å²) >= 11 is 3.37. The zero-order chi connectivity index (χ0) is 12.3. The monoisotopic (exact) mass is 296 g/mol. The van der Waals surface area contributed by atoms with Gasteiger partial charge in [-0.15, -0.1) is 0 Å². The van der Waals surface area contributed by atoms with Crippen molar-refractivity contribution in [2.45, 2.75) is 0 Å². The number of benzene rings is 1. The summed E-state index contributed by atoms with van der Waals surface area (Å²) in [5.74, 6) is 0.0167. The van der Waals surface area contributed by atoms with Gasteiger partial charge in [-0.05, 0) is 28.1 Å². The van der Waals surface area contributed by atoms with Crippen LogP contribution < -0.4 is 0 Å². The number of hydrogen-bond donors (Lipinski definition) is 0. The van der Waals surface area contributed by atoms with E-state index in [-0.39, 0.29) is 5.91 Å². The quantitative estimate of drug-likeness (QED) is 0.773. The number of nitrogens with zero attached hydrogens (tertiary/aromatic N) is 2. The van der Waals surface area contributed by atoms with Crippen molar-refractivity contribution in [3.05, 3.63) is 34.3 Å². The van der Waals surface area contributed by atoms with Gasteiger partial charge in [0.25, 0.3) is 5.91 Å². The largest absolute Gasteiger partial charge is 0.342 e. The van der Waals surface area contributed by atoms with Gasteiger partial charge < -0.3 is 9.80 Å². The highest BCUT2D eigenvalue weighted by molar-refractivity contribution is 9.10. The van der Waals surface area contributed by atoms with E-state index in [2.05, 4.69) is 15.9 Å². The Bertz CT molecular complexity index is 428. The first-order valence-electron chi connectivity index (χ1n) is 5.45. The minimum Gasteiger partial charge on any atom is -0.342 e. The SMILES string of the molecule is O=CN1CCN(C(=O)c2ccccc2Br)CC1. The molecule has 0 aliphatic carbocycles. The van der Waals surface area contributed by atoms with Crippen LogP contribution in [0.3, 0.4) is 0 Å². The minimum absolute atomic E-state index is 0.0167. The molecule has 17 heavy (non-hydrogen) atoms. The minimum atomic E-state index is 0.0167. The molecule has 0 unspecified atom stereocenters. The summed E-state index contributed by atoms with van der Waals surface area (Å²) in [5, 5.41) is 0. The molecule has 1 aromatic rings. The summed E-state index contributed by atoms with van der Waals surface area (Å²) in [7, 11) is 0. The topological polar surface area (TPSA) is 40.6 Å². The molecule has 0 spiro atoms. The summed E-state index contributed by atoms with van der Waals surface area (Å²) < 4.78 is 0.808. The van der Waals surface area contributed by atoms with Gasteiger partial charge >= 0.3 is 0 Å². The van der Waals surface area contributed by atoms with Gasteiger partial charge in [0, 0.05) is 30.7 Å². The number of amides is 2. The molecule has 5 heteroatoms. The average Bonchev–Trinajstić information content (AvgIpc) is 2.39. The Balaban J connectivity index is 2.07. The average molecular weight is 297 g/mol. The highest BCUT2D eigenvalue weighted by Gasteiger charge is 2.22. The molecule has 1 fully saturated rings. The fourth-order valence-corrected chi connectivity index (χ4v) is 2.29. The third-order valence-electron chi connectivity index (χ3n) is 2.85. The zero-order valence-electron chi connectivity index (χ0n) is 9.30. The van der Waals surface area contributed by atoms with Gasteiger partial charge in [0.05, 0.1) is 5.56 Å². The van der Waals surface area contributed by atoms with Crippen molar-refractivity contribution in [1.82, 2.24) is 9.80 Å². The Morgan fingerprint density at radius 2 is 1.82 bits per heavy atom. The van der Waals surface area contributed by atoms with Crippen molar-refractivity contribution in [2.75, 3.05) is 26.2 Å². The van der Waals surface area contributed by atoms with Crippen molar-refractivity contribution >= 4 is 28.2 Å². The molecular formula is C12H13BrN2O2. The van der Waals surface area contributed by atoms with Crippen molar-refractivity contribution < 1.29 is 9.59 Å². The fourth-order valence-electron chi connectivity index (χ4n) is 1.84. The van der Waals surface area contributed by atoms with E-state index >= 15 is 0 Å². The van der Waals surface area contributed by atoms with Crippen molar-refractivity contribution in [1.29, 1.82) is 0 Å². The summed E-state index contributed by atoms with van der Waals surface area (Å²) in [4.78, 5) is 26.2.